The maximum Gasteiger partial charge on any atom is 0.258 e. The molecule has 0 saturated carbocycles. The fourth-order valence-electron chi connectivity index (χ4n) is 1.49. The van der Waals surface area contributed by atoms with Crippen molar-refractivity contribution in [2.45, 2.75) is 6.42 Å². The van der Waals surface area contributed by atoms with E-state index in [1.54, 1.807) is 12.1 Å². The van der Waals surface area contributed by atoms with Gasteiger partial charge in [0, 0.05) is 0 Å². The average molecular weight is 263 g/mol. The summed E-state index contributed by atoms with van der Waals surface area (Å²) in [6.07, 6.45) is 0.723. The molecule has 19 heavy (non-hydrogen) atoms. The molecule has 0 atom stereocenters. The maximum absolute atomic E-state index is 11.3. The molecule has 0 aliphatic rings. The number of nitriles is 1. The standard InChI is InChI=1S/C13H17N3O3/c1-18-11-3-2-10(4-5-14)8-12(11)19-9-13(17)16-7-6-15/h2-3,8H,4-5,7,9,14H2,1H3,(H,16,17). The molecule has 1 aromatic carbocycles. The Morgan fingerprint density at radius 1 is 1.47 bits per heavy atom. The van der Waals surface area contributed by atoms with Gasteiger partial charge in [-0.2, -0.15) is 5.26 Å². The number of carbonyl (C=O) groups is 1. The molecule has 3 N–H and O–H groups in total. The molecule has 6 nitrogen and oxygen atoms in total. The quantitative estimate of drug-likeness (QED) is 0.686. The van der Waals surface area contributed by atoms with Gasteiger partial charge in [0.05, 0.1) is 13.2 Å². The molecule has 1 amide bonds. The third-order valence-electron chi connectivity index (χ3n) is 2.38. The summed E-state index contributed by atoms with van der Waals surface area (Å²) in [5.41, 5.74) is 6.50. The van der Waals surface area contributed by atoms with Gasteiger partial charge in [-0.15, -0.1) is 0 Å². The van der Waals surface area contributed by atoms with Gasteiger partial charge in [0.25, 0.3) is 5.91 Å². The summed E-state index contributed by atoms with van der Waals surface area (Å²) < 4.78 is 10.5. The van der Waals surface area contributed by atoms with E-state index in [0.29, 0.717) is 18.0 Å². The Bertz CT molecular complexity index is 469. The Balaban J connectivity index is 2.67. The fraction of sp³-hybridized carbons (Fsp3) is 0.385. The van der Waals surface area contributed by atoms with Crippen molar-refractivity contribution in [2.24, 2.45) is 5.73 Å². The number of amides is 1. The molecule has 6 heteroatoms. The van der Waals surface area contributed by atoms with E-state index in [0.717, 1.165) is 12.0 Å². The summed E-state index contributed by atoms with van der Waals surface area (Å²) >= 11 is 0. The van der Waals surface area contributed by atoms with E-state index in [4.69, 9.17) is 20.5 Å². The fourth-order valence-corrected chi connectivity index (χ4v) is 1.49. The molecule has 0 radical (unpaired) electrons. The van der Waals surface area contributed by atoms with Crippen molar-refractivity contribution in [1.82, 2.24) is 5.32 Å². The predicted molar refractivity (Wildman–Crippen MR) is 69.9 cm³/mol. The van der Waals surface area contributed by atoms with Crippen LogP contribution in [0.25, 0.3) is 0 Å². The highest BCUT2D eigenvalue weighted by Crippen LogP contribution is 2.28. The van der Waals surface area contributed by atoms with Crippen LogP contribution < -0.4 is 20.5 Å². The molecular formula is C13H17N3O3. The largest absolute Gasteiger partial charge is 0.493 e. The van der Waals surface area contributed by atoms with Crippen LogP contribution in [0.5, 0.6) is 11.5 Å². The van der Waals surface area contributed by atoms with Crippen LogP contribution in [0.4, 0.5) is 0 Å². The number of methoxy groups -OCH3 is 1. The molecule has 1 aromatic rings. The highest BCUT2D eigenvalue weighted by atomic mass is 16.5. The van der Waals surface area contributed by atoms with E-state index in [-0.39, 0.29) is 19.1 Å². The second kappa shape index (κ2) is 7.95. The zero-order valence-electron chi connectivity index (χ0n) is 10.8. The molecule has 0 aliphatic heterocycles. The van der Waals surface area contributed by atoms with Gasteiger partial charge in [-0.3, -0.25) is 4.79 Å². The van der Waals surface area contributed by atoms with Gasteiger partial charge in [0.1, 0.15) is 6.54 Å². The van der Waals surface area contributed by atoms with Crippen LogP contribution in [0.2, 0.25) is 0 Å². The number of nitrogens with two attached hydrogens (primary N) is 1. The third kappa shape index (κ3) is 4.85. The minimum atomic E-state index is -0.354. The Labute approximate surface area is 112 Å². The van der Waals surface area contributed by atoms with Crippen molar-refractivity contribution in [1.29, 1.82) is 5.26 Å². The summed E-state index contributed by atoms with van der Waals surface area (Å²) in [6.45, 7) is 0.338. The third-order valence-corrected chi connectivity index (χ3v) is 2.38. The molecule has 0 fully saturated rings. The van der Waals surface area contributed by atoms with Gasteiger partial charge >= 0.3 is 0 Å². The Hall–Kier alpha value is -2.26. The Kier molecular flexibility index (Phi) is 6.19. The van der Waals surface area contributed by atoms with Crippen LogP contribution in [-0.2, 0) is 11.2 Å². The van der Waals surface area contributed by atoms with Gasteiger partial charge < -0.3 is 20.5 Å². The molecule has 0 saturated heterocycles. The molecule has 0 aliphatic carbocycles. The number of nitrogens with one attached hydrogen (secondary N) is 1. The van der Waals surface area contributed by atoms with Crippen LogP contribution in [0.1, 0.15) is 5.56 Å². The summed E-state index contributed by atoms with van der Waals surface area (Å²) in [5.74, 6) is 0.683. The lowest BCUT2D eigenvalue weighted by molar-refractivity contribution is -0.122. The first-order chi connectivity index (χ1) is 9.21. The van der Waals surface area contributed by atoms with Gasteiger partial charge in [-0.25, -0.2) is 0 Å². The number of rotatable bonds is 7. The zero-order chi connectivity index (χ0) is 14.1. The van der Waals surface area contributed by atoms with Crippen LogP contribution in [0, 0.1) is 11.3 Å². The number of ether oxygens (including phenoxy) is 2. The van der Waals surface area contributed by atoms with E-state index in [2.05, 4.69) is 5.32 Å². The molecule has 1 rings (SSSR count). The molecule has 102 valence electrons. The maximum atomic E-state index is 11.3. The van der Waals surface area contributed by atoms with E-state index in [9.17, 15) is 4.79 Å². The smallest absolute Gasteiger partial charge is 0.258 e. The van der Waals surface area contributed by atoms with Crippen molar-refractivity contribution < 1.29 is 14.3 Å². The SMILES string of the molecule is COc1ccc(CCN)cc1OCC(=O)NCC#N. The number of hydrogen-bond acceptors (Lipinski definition) is 5. The van der Waals surface area contributed by atoms with E-state index in [1.807, 2.05) is 12.1 Å². The van der Waals surface area contributed by atoms with Gasteiger partial charge in [0.15, 0.2) is 18.1 Å². The first-order valence-electron chi connectivity index (χ1n) is 5.84. The molecule has 0 unspecified atom stereocenters. The summed E-state index contributed by atoms with van der Waals surface area (Å²) in [4.78, 5) is 11.3. The molecule has 0 bridgehead atoms. The summed E-state index contributed by atoms with van der Waals surface area (Å²) in [6, 6.07) is 7.28. The van der Waals surface area contributed by atoms with Crippen molar-refractivity contribution >= 4 is 5.91 Å². The van der Waals surface area contributed by atoms with Crippen LogP contribution in [0.15, 0.2) is 18.2 Å². The first-order valence-corrected chi connectivity index (χ1v) is 5.84. The van der Waals surface area contributed by atoms with E-state index < -0.39 is 0 Å². The van der Waals surface area contributed by atoms with Gasteiger partial charge in [-0.05, 0) is 30.7 Å². The normalized spacial score (nSPS) is 9.53. The Morgan fingerprint density at radius 2 is 2.26 bits per heavy atom. The average Bonchev–Trinajstić information content (AvgIpc) is 2.43. The lowest BCUT2D eigenvalue weighted by atomic mass is 10.1. The molecule has 0 aromatic heterocycles. The molecular weight excluding hydrogens is 246 g/mol. The predicted octanol–water partition coefficient (Wildman–Crippen LogP) is 0.215. The highest BCUT2D eigenvalue weighted by Gasteiger charge is 2.08. The second-order valence-electron chi connectivity index (χ2n) is 3.75. The van der Waals surface area contributed by atoms with E-state index in [1.165, 1.54) is 7.11 Å². The van der Waals surface area contributed by atoms with Crippen molar-refractivity contribution in [3.8, 4) is 17.6 Å². The first kappa shape index (κ1) is 14.8. The van der Waals surface area contributed by atoms with Crippen molar-refractivity contribution in [3.63, 3.8) is 0 Å². The number of carbonyl (C=O) groups excluding carboxylic acids is 1. The highest BCUT2D eigenvalue weighted by molar-refractivity contribution is 5.77. The lowest BCUT2D eigenvalue weighted by Crippen LogP contribution is -2.29. The number of nitrogens with zero attached hydrogens (tertiary/aromatic N) is 1. The van der Waals surface area contributed by atoms with Crippen LogP contribution >= 0.6 is 0 Å². The Morgan fingerprint density at radius 3 is 2.89 bits per heavy atom. The molecule has 0 heterocycles. The minimum Gasteiger partial charge on any atom is -0.493 e. The van der Waals surface area contributed by atoms with Crippen LogP contribution in [0.3, 0.4) is 0 Å². The lowest BCUT2D eigenvalue weighted by Gasteiger charge is -2.11. The van der Waals surface area contributed by atoms with Crippen LogP contribution in [-0.4, -0.2) is 32.7 Å². The van der Waals surface area contributed by atoms with Crippen molar-refractivity contribution in [3.05, 3.63) is 23.8 Å². The second-order valence-corrected chi connectivity index (χ2v) is 3.75. The van der Waals surface area contributed by atoms with Gasteiger partial charge in [-0.1, -0.05) is 6.07 Å². The summed E-state index contributed by atoms with van der Waals surface area (Å²) in [5, 5.41) is 10.7. The number of hydrogen-bond donors (Lipinski definition) is 2. The minimum absolute atomic E-state index is 0.0352. The van der Waals surface area contributed by atoms with Crippen molar-refractivity contribution in [2.75, 3.05) is 26.8 Å². The summed E-state index contributed by atoms with van der Waals surface area (Å²) in [7, 11) is 1.53. The zero-order valence-corrected chi connectivity index (χ0v) is 10.8. The number of benzene rings is 1. The monoisotopic (exact) mass is 263 g/mol. The van der Waals surface area contributed by atoms with Gasteiger partial charge in [0.2, 0.25) is 0 Å². The topological polar surface area (TPSA) is 97.4 Å². The van der Waals surface area contributed by atoms with E-state index >= 15 is 0 Å². The molecule has 0 spiro atoms.